The Morgan fingerprint density at radius 3 is 2.09 bits per heavy atom. The summed E-state index contributed by atoms with van der Waals surface area (Å²) in [6, 6.07) is 12.8. The average Bonchev–Trinajstić information content (AvgIpc) is 3.09. The molecular weight excluding hydrogens is 588 g/mol. The van der Waals surface area contributed by atoms with Crippen molar-refractivity contribution in [2.75, 3.05) is 39.6 Å². The number of aliphatic hydroxyl groups excluding tert-OH is 2. The SMILES string of the molecule is C/C=C/C1CCC(C2CCC(COc3ccc(-c4cc(CCO)c(OCC5(CO)COC(C)(C)OC5)cc4CCC)cc3)CC2)CC1. The molecule has 47 heavy (non-hydrogen) atoms. The van der Waals surface area contributed by atoms with E-state index < -0.39 is 11.2 Å². The zero-order valence-corrected chi connectivity index (χ0v) is 29.5. The molecule has 2 aliphatic carbocycles. The zero-order valence-electron chi connectivity index (χ0n) is 29.5. The number of allylic oxidation sites excluding steroid dienone is 2. The second-order valence-electron chi connectivity index (χ2n) is 15.1. The van der Waals surface area contributed by atoms with Crippen LogP contribution in [0.2, 0.25) is 0 Å². The minimum Gasteiger partial charge on any atom is -0.493 e. The summed E-state index contributed by atoms with van der Waals surface area (Å²) < 4.78 is 24.4. The molecule has 3 fully saturated rings. The maximum absolute atomic E-state index is 10.2. The lowest BCUT2D eigenvalue weighted by molar-refractivity contribution is -0.293. The molecule has 0 unspecified atom stereocenters. The van der Waals surface area contributed by atoms with Crippen LogP contribution in [0.3, 0.4) is 0 Å². The van der Waals surface area contributed by atoms with Crippen molar-refractivity contribution >= 4 is 0 Å². The normalized spacial score (nSPS) is 25.9. The number of aryl methyl sites for hydroxylation is 1. The van der Waals surface area contributed by atoms with Gasteiger partial charge in [0.2, 0.25) is 0 Å². The molecule has 0 bridgehead atoms. The minimum atomic E-state index is -0.665. The van der Waals surface area contributed by atoms with Gasteiger partial charge >= 0.3 is 0 Å². The van der Waals surface area contributed by atoms with Gasteiger partial charge in [-0.3, -0.25) is 0 Å². The number of ether oxygens (including phenoxy) is 4. The van der Waals surface area contributed by atoms with Crippen molar-refractivity contribution in [3.8, 4) is 22.6 Å². The van der Waals surface area contributed by atoms with Crippen molar-refractivity contribution in [2.45, 2.75) is 104 Å². The number of hydrogen-bond acceptors (Lipinski definition) is 6. The van der Waals surface area contributed by atoms with Crippen LogP contribution in [0.25, 0.3) is 11.1 Å². The van der Waals surface area contributed by atoms with Gasteiger partial charge in [-0.25, -0.2) is 0 Å². The number of hydrogen-bond donors (Lipinski definition) is 2. The second-order valence-corrected chi connectivity index (χ2v) is 15.1. The lowest BCUT2D eigenvalue weighted by atomic mass is 9.69. The molecule has 2 saturated carbocycles. The van der Waals surface area contributed by atoms with Gasteiger partial charge in [0.1, 0.15) is 18.1 Å². The largest absolute Gasteiger partial charge is 0.493 e. The van der Waals surface area contributed by atoms with E-state index in [2.05, 4.69) is 62.4 Å². The molecule has 6 heteroatoms. The fourth-order valence-corrected chi connectivity index (χ4v) is 7.90. The van der Waals surface area contributed by atoms with E-state index in [-0.39, 0.29) is 19.8 Å². The van der Waals surface area contributed by atoms with Gasteiger partial charge in [0.05, 0.1) is 31.8 Å². The lowest BCUT2D eigenvalue weighted by Gasteiger charge is -2.42. The Balaban J connectivity index is 1.18. The molecule has 260 valence electrons. The van der Waals surface area contributed by atoms with E-state index in [1.807, 2.05) is 13.8 Å². The fraction of sp³-hybridized carbons (Fsp3) is 0.659. The molecule has 0 spiro atoms. The smallest absolute Gasteiger partial charge is 0.162 e. The molecule has 0 radical (unpaired) electrons. The van der Waals surface area contributed by atoms with Crippen LogP contribution >= 0.6 is 0 Å². The molecule has 2 aromatic carbocycles. The Hall–Kier alpha value is -2.38. The predicted molar refractivity (Wildman–Crippen MR) is 189 cm³/mol. The van der Waals surface area contributed by atoms with Crippen LogP contribution in [0.5, 0.6) is 11.5 Å². The van der Waals surface area contributed by atoms with Crippen molar-refractivity contribution in [2.24, 2.45) is 29.1 Å². The molecule has 1 aliphatic heterocycles. The highest BCUT2D eigenvalue weighted by molar-refractivity contribution is 5.70. The van der Waals surface area contributed by atoms with E-state index >= 15 is 0 Å². The Morgan fingerprint density at radius 1 is 0.830 bits per heavy atom. The molecule has 5 rings (SSSR count). The van der Waals surface area contributed by atoms with Crippen LogP contribution in [0.15, 0.2) is 48.6 Å². The summed E-state index contributed by atoms with van der Waals surface area (Å²) in [7, 11) is 0. The summed E-state index contributed by atoms with van der Waals surface area (Å²) in [5.41, 5.74) is 3.83. The molecule has 0 atom stereocenters. The summed E-state index contributed by atoms with van der Waals surface area (Å²) in [6.07, 6.45) is 17.9. The van der Waals surface area contributed by atoms with Crippen molar-refractivity contribution in [3.63, 3.8) is 0 Å². The Kier molecular flexibility index (Phi) is 12.9. The van der Waals surface area contributed by atoms with Crippen molar-refractivity contribution < 1.29 is 29.2 Å². The quantitative estimate of drug-likeness (QED) is 0.200. The third-order valence-corrected chi connectivity index (χ3v) is 11.0. The topological polar surface area (TPSA) is 77.4 Å². The van der Waals surface area contributed by atoms with Crippen LogP contribution in [0.4, 0.5) is 0 Å². The van der Waals surface area contributed by atoms with Crippen LogP contribution < -0.4 is 9.47 Å². The molecule has 0 amide bonds. The van der Waals surface area contributed by atoms with Gasteiger partial charge in [-0.05, 0) is 155 Å². The molecule has 1 saturated heterocycles. The molecule has 2 aromatic rings. The van der Waals surface area contributed by atoms with Crippen LogP contribution in [-0.2, 0) is 22.3 Å². The first-order valence-corrected chi connectivity index (χ1v) is 18.4. The van der Waals surface area contributed by atoms with Crippen LogP contribution in [-0.4, -0.2) is 55.6 Å². The summed E-state index contributed by atoms with van der Waals surface area (Å²) in [6.45, 7) is 9.83. The zero-order chi connectivity index (χ0) is 33.3. The van der Waals surface area contributed by atoms with E-state index in [0.29, 0.717) is 25.6 Å². The lowest BCUT2D eigenvalue weighted by Crippen LogP contribution is -2.51. The van der Waals surface area contributed by atoms with E-state index in [4.69, 9.17) is 18.9 Å². The van der Waals surface area contributed by atoms with Gasteiger partial charge in [-0.15, -0.1) is 0 Å². The van der Waals surface area contributed by atoms with Gasteiger partial charge in [-0.1, -0.05) is 37.6 Å². The van der Waals surface area contributed by atoms with Gasteiger partial charge in [0.25, 0.3) is 0 Å². The van der Waals surface area contributed by atoms with Crippen LogP contribution in [0.1, 0.15) is 96.6 Å². The standard InChI is InChI=1S/C41H60O6/c1-5-7-30-9-13-32(14-10-30)33-15-11-31(12-16-33)25-44-37-19-17-34(18-20-37)38-23-36(21-22-42)39(24-35(38)8-6-2)45-27-41(26-43)28-46-40(3,4)47-29-41/h5,7,17-20,23-24,30-33,42-43H,6,8-16,21-22,25-29H2,1-4H3/b7-5+. The van der Waals surface area contributed by atoms with E-state index in [0.717, 1.165) is 65.4 Å². The average molecular weight is 649 g/mol. The number of aliphatic hydroxyl groups is 2. The Labute approximate surface area is 283 Å². The molecule has 3 aliphatic rings. The second kappa shape index (κ2) is 16.8. The van der Waals surface area contributed by atoms with Crippen molar-refractivity contribution in [1.82, 2.24) is 0 Å². The molecule has 0 aromatic heterocycles. The monoisotopic (exact) mass is 648 g/mol. The Bertz CT molecular complexity index is 1260. The first-order valence-electron chi connectivity index (χ1n) is 18.4. The maximum Gasteiger partial charge on any atom is 0.162 e. The highest BCUT2D eigenvalue weighted by Crippen LogP contribution is 2.42. The van der Waals surface area contributed by atoms with Gasteiger partial charge in [-0.2, -0.15) is 0 Å². The highest BCUT2D eigenvalue weighted by Gasteiger charge is 2.41. The molecule has 6 nitrogen and oxygen atoms in total. The summed E-state index contributed by atoms with van der Waals surface area (Å²) in [5, 5.41) is 20.1. The maximum atomic E-state index is 10.2. The van der Waals surface area contributed by atoms with E-state index in [1.165, 1.54) is 56.9 Å². The van der Waals surface area contributed by atoms with Gasteiger partial charge in [0.15, 0.2) is 5.79 Å². The predicted octanol–water partition coefficient (Wildman–Crippen LogP) is 8.55. The highest BCUT2D eigenvalue weighted by atomic mass is 16.7. The summed E-state index contributed by atoms with van der Waals surface area (Å²) in [5.74, 6) is 4.34. The summed E-state index contributed by atoms with van der Waals surface area (Å²) >= 11 is 0. The molecular formula is C41H60O6. The van der Waals surface area contributed by atoms with Crippen molar-refractivity contribution in [3.05, 3.63) is 59.7 Å². The van der Waals surface area contributed by atoms with E-state index in [9.17, 15) is 10.2 Å². The first kappa shape index (κ1) is 35.9. The van der Waals surface area contributed by atoms with Gasteiger partial charge in [0, 0.05) is 6.61 Å². The number of benzene rings is 2. The molecule has 1 heterocycles. The Morgan fingerprint density at radius 2 is 1.49 bits per heavy atom. The summed E-state index contributed by atoms with van der Waals surface area (Å²) in [4.78, 5) is 0. The van der Waals surface area contributed by atoms with Crippen LogP contribution in [0, 0.1) is 29.1 Å². The molecule has 2 N–H and O–H groups in total. The fourth-order valence-electron chi connectivity index (χ4n) is 7.90. The minimum absolute atomic E-state index is 0.0286. The first-order chi connectivity index (χ1) is 22.8. The van der Waals surface area contributed by atoms with Crippen molar-refractivity contribution in [1.29, 1.82) is 0 Å². The van der Waals surface area contributed by atoms with Gasteiger partial charge < -0.3 is 29.2 Å². The third-order valence-electron chi connectivity index (χ3n) is 11.0. The van der Waals surface area contributed by atoms with E-state index in [1.54, 1.807) is 0 Å². The third kappa shape index (κ3) is 9.62. The number of rotatable bonds is 14.